The van der Waals surface area contributed by atoms with Gasteiger partial charge in [-0.3, -0.25) is 14.9 Å². The summed E-state index contributed by atoms with van der Waals surface area (Å²) in [5.74, 6) is 0.231. The SMILES string of the molecule is Cc1cncn1-c1ncc(C(F)(F)F)cc1Cl.O=CCONc1ccc2ccccc2c1. The van der Waals surface area contributed by atoms with Crippen LogP contribution in [0.3, 0.4) is 0 Å². The fraction of sp³-hybridized carbons (Fsp3) is 0.136. The van der Waals surface area contributed by atoms with Crippen LogP contribution in [0.15, 0.2) is 67.3 Å². The highest BCUT2D eigenvalue weighted by Crippen LogP contribution is 2.32. The number of carbonyl (C=O) groups excluding carboxylic acids is 1. The number of aldehydes is 1. The van der Waals surface area contributed by atoms with Crippen molar-refractivity contribution in [3.05, 3.63) is 83.5 Å². The molecule has 1 N–H and O–H groups in total. The summed E-state index contributed by atoms with van der Waals surface area (Å²) in [6, 6.07) is 14.8. The van der Waals surface area contributed by atoms with Crippen molar-refractivity contribution >= 4 is 34.3 Å². The molecule has 2 aromatic heterocycles. The van der Waals surface area contributed by atoms with Gasteiger partial charge in [0, 0.05) is 18.1 Å². The lowest BCUT2D eigenvalue weighted by molar-refractivity contribution is -0.137. The molecule has 0 spiro atoms. The van der Waals surface area contributed by atoms with Gasteiger partial charge in [-0.1, -0.05) is 41.9 Å². The van der Waals surface area contributed by atoms with Crippen molar-refractivity contribution in [3.63, 3.8) is 0 Å². The average molecular weight is 463 g/mol. The van der Waals surface area contributed by atoms with Gasteiger partial charge in [-0.15, -0.1) is 0 Å². The van der Waals surface area contributed by atoms with Crippen LogP contribution in [-0.4, -0.2) is 27.4 Å². The van der Waals surface area contributed by atoms with Crippen LogP contribution in [0.2, 0.25) is 5.02 Å². The number of hydrogen-bond acceptors (Lipinski definition) is 5. The molecule has 0 aliphatic heterocycles. The van der Waals surface area contributed by atoms with Crippen LogP contribution < -0.4 is 5.48 Å². The van der Waals surface area contributed by atoms with Crippen LogP contribution in [0.4, 0.5) is 18.9 Å². The minimum Gasteiger partial charge on any atom is -0.301 e. The van der Waals surface area contributed by atoms with Crippen molar-refractivity contribution in [2.24, 2.45) is 0 Å². The van der Waals surface area contributed by atoms with Gasteiger partial charge in [0.2, 0.25) is 0 Å². The second-order valence-corrected chi connectivity index (χ2v) is 6.98. The first-order chi connectivity index (χ1) is 15.3. The molecular weight excluding hydrogens is 445 g/mol. The van der Waals surface area contributed by atoms with Crippen molar-refractivity contribution in [2.45, 2.75) is 13.1 Å². The molecule has 2 aromatic carbocycles. The van der Waals surface area contributed by atoms with E-state index in [1.165, 1.54) is 16.3 Å². The fourth-order valence-electron chi connectivity index (χ4n) is 2.76. The van der Waals surface area contributed by atoms with E-state index in [2.05, 4.69) is 15.4 Å². The zero-order valence-corrected chi connectivity index (χ0v) is 17.6. The molecule has 0 aliphatic rings. The smallest absolute Gasteiger partial charge is 0.301 e. The maximum atomic E-state index is 12.4. The van der Waals surface area contributed by atoms with Gasteiger partial charge in [0.1, 0.15) is 19.2 Å². The Labute approximate surface area is 186 Å². The fourth-order valence-corrected chi connectivity index (χ4v) is 3.02. The summed E-state index contributed by atoms with van der Waals surface area (Å²) in [7, 11) is 0. The first-order valence-corrected chi connectivity index (χ1v) is 9.69. The number of rotatable bonds is 5. The maximum absolute atomic E-state index is 12.4. The van der Waals surface area contributed by atoms with Crippen molar-refractivity contribution in [1.82, 2.24) is 14.5 Å². The summed E-state index contributed by atoms with van der Waals surface area (Å²) < 4.78 is 38.7. The van der Waals surface area contributed by atoms with E-state index in [1.54, 1.807) is 13.1 Å². The molecule has 4 rings (SSSR count). The summed E-state index contributed by atoms with van der Waals surface area (Å²) in [6.45, 7) is 1.80. The number of alkyl halides is 3. The van der Waals surface area contributed by atoms with E-state index < -0.39 is 11.7 Å². The highest BCUT2D eigenvalue weighted by molar-refractivity contribution is 6.32. The number of benzene rings is 2. The Morgan fingerprint density at radius 3 is 2.50 bits per heavy atom. The number of imidazole rings is 1. The van der Waals surface area contributed by atoms with Gasteiger partial charge in [-0.2, -0.15) is 13.2 Å². The molecule has 0 bridgehead atoms. The highest BCUT2D eigenvalue weighted by Gasteiger charge is 2.31. The van der Waals surface area contributed by atoms with E-state index in [-0.39, 0.29) is 17.4 Å². The van der Waals surface area contributed by atoms with E-state index in [9.17, 15) is 18.0 Å². The van der Waals surface area contributed by atoms with Gasteiger partial charge in [0.15, 0.2) is 5.82 Å². The number of halogens is 4. The first-order valence-electron chi connectivity index (χ1n) is 9.32. The minimum atomic E-state index is -4.45. The summed E-state index contributed by atoms with van der Waals surface area (Å²) in [5.41, 5.74) is 3.41. The molecular formula is C22H18ClF3N4O2. The summed E-state index contributed by atoms with van der Waals surface area (Å²) in [4.78, 5) is 22.5. The number of anilines is 1. The summed E-state index contributed by atoms with van der Waals surface area (Å²) in [6.07, 6.45) is 0.0142. The van der Waals surface area contributed by atoms with Crippen molar-refractivity contribution < 1.29 is 22.8 Å². The normalized spacial score (nSPS) is 11.0. The zero-order chi connectivity index (χ0) is 23.1. The highest BCUT2D eigenvalue weighted by atomic mass is 35.5. The van der Waals surface area contributed by atoms with E-state index in [0.29, 0.717) is 6.29 Å². The molecule has 0 atom stereocenters. The van der Waals surface area contributed by atoms with Crippen molar-refractivity contribution in [1.29, 1.82) is 0 Å². The molecule has 0 aliphatic carbocycles. The number of nitrogens with one attached hydrogen (secondary N) is 1. The molecule has 0 saturated heterocycles. The summed E-state index contributed by atoms with van der Waals surface area (Å²) >= 11 is 5.79. The summed E-state index contributed by atoms with van der Waals surface area (Å²) in [5, 5.41) is 2.25. The lowest BCUT2D eigenvalue weighted by Gasteiger charge is -2.10. The van der Waals surface area contributed by atoms with Crippen LogP contribution in [0.1, 0.15) is 11.3 Å². The van der Waals surface area contributed by atoms with Gasteiger partial charge in [0.25, 0.3) is 0 Å². The van der Waals surface area contributed by atoms with Crippen LogP contribution >= 0.6 is 11.6 Å². The largest absolute Gasteiger partial charge is 0.417 e. The number of hydrogen-bond donors (Lipinski definition) is 1. The second-order valence-electron chi connectivity index (χ2n) is 6.57. The Morgan fingerprint density at radius 1 is 1.12 bits per heavy atom. The zero-order valence-electron chi connectivity index (χ0n) is 16.8. The molecule has 0 amide bonds. The molecule has 6 nitrogen and oxygen atoms in total. The minimum absolute atomic E-state index is 0.0484. The van der Waals surface area contributed by atoms with Gasteiger partial charge in [-0.25, -0.2) is 9.97 Å². The van der Waals surface area contributed by atoms with Crippen LogP contribution in [0.25, 0.3) is 16.6 Å². The average Bonchev–Trinajstić information content (AvgIpc) is 3.19. The molecule has 10 heteroatoms. The number of pyridine rings is 1. The molecule has 32 heavy (non-hydrogen) atoms. The van der Waals surface area contributed by atoms with Crippen molar-refractivity contribution in [3.8, 4) is 5.82 Å². The number of aryl methyl sites for hydroxylation is 1. The van der Waals surface area contributed by atoms with Gasteiger partial charge >= 0.3 is 6.18 Å². The van der Waals surface area contributed by atoms with Gasteiger partial charge in [0.05, 0.1) is 16.3 Å². The molecule has 166 valence electrons. The molecule has 0 fully saturated rings. The second kappa shape index (κ2) is 10.3. The lowest BCUT2D eigenvalue weighted by Crippen LogP contribution is -2.07. The number of nitrogens with zero attached hydrogens (tertiary/aromatic N) is 3. The van der Waals surface area contributed by atoms with Gasteiger partial charge < -0.3 is 4.79 Å². The Bertz CT molecular complexity index is 1210. The van der Waals surface area contributed by atoms with Crippen LogP contribution in [0, 0.1) is 6.92 Å². The third kappa shape index (κ3) is 5.83. The predicted molar refractivity (Wildman–Crippen MR) is 116 cm³/mol. The van der Waals surface area contributed by atoms with E-state index >= 15 is 0 Å². The molecule has 0 unspecified atom stereocenters. The Hall–Kier alpha value is -3.43. The third-order valence-corrected chi connectivity index (χ3v) is 4.57. The molecule has 4 aromatic rings. The Kier molecular flexibility index (Phi) is 7.45. The van der Waals surface area contributed by atoms with Gasteiger partial charge in [-0.05, 0) is 35.9 Å². The monoisotopic (exact) mass is 462 g/mol. The van der Waals surface area contributed by atoms with Crippen molar-refractivity contribution in [2.75, 3.05) is 12.1 Å². The predicted octanol–water partition coefficient (Wildman–Crippen LogP) is 5.63. The topological polar surface area (TPSA) is 69.0 Å². The Balaban J connectivity index is 0.000000182. The van der Waals surface area contributed by atoms with Crippen LogP contribution in [-0.2, 0) is 15.8 Å². The quantitative estimate of drug-likeness (QED) is 0.236. The third-order valence-electron chi connectivity index (χ3n) is 4.29. The molecule has 0 saturated carbocycles. The molecule has 2 heterocycles. The lowest BCUT2D eigenvalue weighted by atomic mass is 10.1. The van der Waals surface area contributed by atoms with E-state index in [1.807, 2.05) is 42.5 Å². The first kappa shape index (κ1) is 23.2. The molecule has 0 radical (unpaired) electrons. The standard InChI is InChI=1S/C12H11NO2.C10H7ClF3N3/c14-7-8-15-13-12-6-5-10-3-1-2-4-11(10)9-12;1-6-3-15-5-17(6)9-8(11)2-7(4-16-9)10(12,13)14/h1-7,9,13H,8H2;2-5H,1H3. The van der Waals surface area contributed by atoms with E-state index in [0.717, 1.165) is 29.0 Å². The maximum Gasteiger partial charge on any atom is 0.417 e. The number of fused-ring (bicyclic) bond motifs is 1. The van der Waals surface area contributed by atoms with Crippen LogP contribution in [0.5, 0.6) is 0 Å². The number of aromatic nitrogens is 3. The van der Waals surface area contributed by atoms with E-state index in [4.69, 9.17) is 16.4 Å². The Morgan fingerprint density at radius 2 is 1.88 bits per heavy atom. The number of carbonyl (C=O) groups is 1.